The first kappa shape index (κ1) is 14.7. The van der Waals surface area contributed by atoms with E-state index in [0.717, 1.165) is 0 Å². The molecule has 2 aromatic rings. The van der Waals surface area contributed by atoms with Crippen LogP contribution in [0.4, 0.5) is 4.39 Å². The van der Waals surface area contributed by atoms with Crippen molar-refractivity contribution in [2.24, 2.45) is 0 Å². The summed E-state index contributed by atoms with van der Waals surface area (Å²) in [5.41, 5.74) is 0.710. The van der Waals surface area contributed by atoms with Crippen molar-refractivity contribution in [1.82, 2.24) is 15.3 Å². The summed E-state index contributed by atoms with van der Waals surface area (Å²) in [5, 5.41) is 11.5. The van der Waals surface area contributed by atoms with E-state index in [1.807, 2.05) is 0 Å². The quantitative estimate of drug-likeness (QED) is 0.773. The number of nitrogens with one attached hydrogen (secondary N) is 2. The third-order valence-electron chi connectivity index (χ3n) is 3.02. The average Bonchev–Trinajstić information content (AvgIpc) is 2.93. The molecular formula is C14H14FN3O3. The van der Waals surface area contributed by atoms with Gasteiger partial charge in [-0.1, -0.05) is 12.1 Å². The Hall–Kier alpha value is -2.70. The smallest absolute Gasteiger partial charge is 0.326 e. The lowest BCUT2D eigenvalue weighted by molar-refractivity contribution is -0.139. The van der Waals surface area contributed by atoms with Crippen LogP contribution >= 0.6 is 0 Å². The van der Waals surface area contributed by atoms with Gasteiger partial charge >= 0.3 is 5.97 Å². The molecule has 21 heavy (non-hydrogen) atoms. The number of aliphatic carboxylic acids is 1. The maximum atomic E-state index is 13.9. The van der Waals surface area contributed by atoms with Crippen LogP contribution < -0.4 is 5.32 Å². The summed E-state index contributed by atoms with van der Waals surface area (Å²) in [6.07, 6.45) is 2.92. The molecule has 0 aliphatic carbocycles. The molecule has 1 amide bonds. The van der Waals surface area contributed by atoms with Crippen LogP contribution in [0, 0.1) is 12.7 Å². The van der Waals surface area contributed by atoms with Crippen molar-refractivity contribution >= 4 is 11.9 Å². The molecule has 1 heterocycles. The molecule has 3 N–H and O–H groups in total. The third kappa shape index (κ3) is 3.44. The standard InChI is InChI=1S/C14H14FN3O3/c1-8-3-2-4-10(12(8)15)13(19)18-11(14(20)21)5-9-6-16-7-17-9/h2-4,6-7,11H,5H2,1H3,(H,16,17)(H,18,19)(H,20,21)/t11-/m0/s1. The first-order chi connectivity index (χ1) is 9.99. The van der Waals surface area contributed by atoms with Gasteiger partial charge in [0.1, 0.15) is 11.9 Å². The van der Waals surface area contributed by atoms with Crippen LogP contribution in [-0.2, 0) is 11.2 Å². The maximum absolute atomic E-state index is 13.9. The third-order valence-corrected chi connectivity index (χ3v) is 3.02. The predicted octanol–water partition coefficient (Wildman–Crippen LogP) is 1.28. The fraction of sp³-hybridized carbons (Fsp3) is 0.214. The van der Waals surface area contributed by atoms with E-state index in [2.05, 4.69) is 15.3 Å². The van der Waals surface area contributed by atoms with Crippen LogP contribution in [-0.4, -0.2) is 33.0 Å². The normalized spacial score (nSPS) is 11.9. The van der Waals surface area contributed by atoms with Crippen molar-refractivity contribution < 1.29 is 19.1 Å². The van der Waals surface area contributed by atoms with Gasteiger partial charge in [-0.25, -0.2) is 14.2 Å². The van der Waals surface area contributed by atoms with Crippen molar-refractivity contribution in [1.29, 1.82) is 0 Å². The lowest BCUT2D eigenvalue weighted by atomic mass is 10.1. The van der Waals surface area contributed by atoms with E-state index in [1.165, 1.54) is 37.6 Å². The number of hydrogen-bond donors (Lipinski definition) is 3. The number of benzene rings is 1. The lowest BCUT2D eigenvalue weighted by Crippen LogP contribution is -2.42. The summed E-state index contributed by atoms with van der Waals surface area (Å²) in [4.78, 5) is 29.8. The van der Waals surface area contributed by atoms with Crippen molar-refractivity contribution in [3.8, 4) is 0 Å². The largest absolute Gasteiger partial charge is 0.480 e. The highest BCUT2D eigenvalue weighted by atomic mass is 19.1. The van der Waals surface area contributed by atoms with Crippen LogP contribution in [0.25, 0.3) is 0 Å². The molecule has 6 nitrogen and oxygen atoms in total. The number of hydrogen-bond acceptors (Lipinski definition) is 3. The molecule has 0 bridgehead atoms. The molecule has 0 saturated heterocycles. The maximum Gasteiger partial charge on any atom is 0.326 e. The van der Waals surface area contributed by atoms with Crippen LogP contribution in [0.3, 0.4) is 0 Å². The summed E-state index contributed by atoms with van der Waals surface area (Å²) in [6, 6.07) is 3.22. The number of carboxylic acids is 1. The van der Waals surface area contributed by atoms with Gasteiger partial charge in [0.2, 0.25) is 0 Å². The minimum Gasteiger partial charge on any atom is -0.480 e. The van der Waals surface area contributed by atoms with Gasteiger partial charge in [0.15, 0.2) is 0 Å². The van der Waals surface area contributed by atoms with E-state index in [4.69, 9.17) is 5.11 Å². The van der Waals surface area contributed by atoms with E-state index in [1.54, 1.807) is 0 Å². The molecule has 0 fully saturated rings. The molecule has 1 aromatic heterocycles. The van der Waals surface area contributed by atoms with E-state index >= 15 is 0 Å². The van der Waals surface area contributed by atoms with Gasteiger partial charge in [0.05, 0.1) is 11.9 Å². The number of nitrogens with zero attached hydrogens (tertiary/aromatic N) is 1. The predicted molar refractivity (Wildman–Crippen MR) is 72.3 cm³/mol. The second-order valence-corrected chi connectivity index (χ2v) is 4.58. The second kappa shape index (κ2) is 6.17. The lowest BCUT2D eigenvalue weighted by Gasteiger charge is -2.14. The zero-order valence-electron chi connectivity index (χ0n) is 11.3. The molecule has 0 saturated carbocycles. The SMILES string of the molecule is Cc1cccc(C(=O)N[C@@H](Cc2cnc[nH]2)C(=O)O)c1F. The number of rotatable bonds is 5. The Morgan fingerprint density at radius 1 is 1.48 bits per heavy atom. The van der Waals surface area contributed by atoms with Crippen molar-refractivity contribution in [2.75, 3.05) is 0 Å². The number of H-pyrrole nitrogens is 1. The number of amides is 1. The fourth-order valence-electron chi connectivity index (χ4n) is 1.88. The molecule has 0 aliphatic heterocycles. The van der Waals surface area contributed by atoms with Gasteiger partial charge < -0.3 is 15.4 Å². The van der Waals surface area contributed by atoms with E-state index < -0.39 is 23.7 Å². The summed E-state index contributed by atoms with van der Waals surface area (Å²) in [6.45, 7) is 1.53. The number of aromatic nitrogens is 2. The number of carbonyl (C=O) groups excluding carboxylic acids is 1. The zero-order chi connectivity index (χ0) is 15.4. The van der Waals surface area contributed by atoms with Gasteiger partial charge in [0, 0.05) is 18.3 Å². The van der Waals surface area contributed by atoms with E-state index in [-0.39, 0.29) is 12.0 Å². The molecule has 0 unspecified atom stereocenters. The molecular weight excluding hydrogens is 277 g/mol. The van der Waals surface area contributed by atoms with Crippen LogP contribution in [0.15, 0.2) is 30.7 Å². The Bertz CT molecular complexity index is 655. The fourth-order valence-corrected chi connectivity index (χ4v) is 1.88. The molecule has 0 aliphatic rings. The average molecular weight is 291 g/mol. The number of carbonyl (C=O) groups is 2. The summed E-state index contributed by atoms with van der Waals surface area (Å²) >= 11 is 0. The Morgan fingerprint density at radius 2 is 2.24 bits per heavy atom. The summed E-state index contributed by atoms with van der Waals surface area (Å²) < 4.78 is 13.9. The highest BCUT2D eigenvalue weighted by Gasteiger charge is 2.23. The van der Waals surface area contributed by atoms with Gasteiger partial charge in [0.25, 0.3) is 5.91 Å². The number of carboxylic acid groups (broad SMARTS) is 1. The van der Waals surface area contributed by atoms with Crippen LogP contribution in [0.1, 0.15) is 21.6 Å². The first-order valence-corrected chi connectivity index (χ1v) is 6.25. The van der Waals surface area contributed by atoms with E-state index in [9.17, 15) is 14.0 Å². The molecule has 1 atom stereocenters. The molecule has 1 aromatic carbocycles. The minimum absolute atomic E-state index is 0.0362. The van der Waals surface area contributed by atoms with Gasteiger partial charge in [-0.15, -0.1) is 0 Å². The Balaban J connectivity index is 2.15. The van der Waals surface area contributed by atoms with Gasteiger partial charge in [-0.2, -0.15) is 0 Å². The molecule has 110 valence electrons. The Labute approximate surface area is 120 Å². The highest BCUT2D eigenvalue weighted by molar-refractivity contribution is 5.97. The zero-order valence-corrected chi connectivity index (χ0v) is 11.3. The van der Waals surface area contributed by atoms with Crippen LogP contribution in [0.2, 0.25) is 0 Å². The summed E-state index contributed by atoms with van der Waals surface area (Å²) in [5.74, 6) is -2.62. The minimum atomic E-state index is -1.20. The summed E-state index contributed by atoms with van der Waals surface area (Å²) in [7, 11) is 0. The highest BCUT2D eigenvalue weighted by Crippen LogP contribution is 2.12. The Kier molecular flexibility index (Phi) is 4.32. The number of imidazole rings is 1. The molecule has 0 spiro atoms. The van der Waals surface area contributed by atoms with Gasteiger partial charge in [-0.3, -0.25) is 4.79 Å². The number of aromatic amines is 1. The van der Waals surface area contributed by atoms with Crippen LogP contribution in [0.5, 0.6) is 0 Å². The van der Waals surface area contributed by atoms with Crippen molar-refractivity contribution in [2.45, 2.75) is 19.4 Å². The topological polar surface area (TPSA) is 95.1 Å². The first-order valence-electron chi connectivity index (χ1n) is 6.25. The number of halogens is 1. The monoisotopic (exact) mass is 291 g/mol. The van der Waals surface area contributed by atoms with Crippen molar-refractivity contribution in [3.05, 3.63) is 53.4 Å². The molecule has 2 rings (SSSR count). The van der Waals surface area contributed by atoms with Crippen molar-refractivity contribution in [3.63, 3.8) is 0 Å². The van der Waals surface area contributed by atoms with E-state index in [0.29, 0.717) is 11.3 Å². The molecule has 7 heteroatoms. The molecule has 0 radical (unpaired) electrons. The second-order valence-electron chi connectivity index (χ2n) is 4.58. The number of aryl methyl sites for hydroxylation is 1. The Morgan fingerprint density at radius 3 is 2.86 bits per heavy atom. The van der Waals surface area contributed by atoms with Gasteiger partial charge in [-0.05, 0) is 18.6 Å².